The van der Waals surface area contributed by atoms with Crippen molar-refractivity contribution < 1.29 is 29.2 Å². The van der Waals surface area contributed by atoms with Crippen molar-refractivity contribution in [3.8, 4) is 39.8 Å². The fourth-order valence-electron chi connectivity index (χ4n) is 4.23. The van der Waals surface area contributed by atoms with Crippen LogP contribution in [0.5, 0.6) is 17.2 Å². The Morgan fingerprint density at radius 1 is 0.757 bits per heavy atom. The number of hydrogen-bond donors (Lipinski definition) is 2. The monoisotopic (exact) mass is 502 g/mol. The average Bonchev–Trinajstić information content (AvgIpc) is 2.92. The van der Waals surface area contributed by atoms with Crippen molar-refractivity contribution in [1.82, 2.24) is 9.97 Å². The summed E-state index contributed by atoms with van der Waals surface area (Å²) in [5, 5.41) is 20.1. The van der Waals surface area contributed by atoms with E-state index in [0.717, 1.165) is 31.4 Å². The van der Waals surface area contributed by atoms with E-state index in [-0.39, 0.29) is 17.8 Å². The molecule has 0 saturated carbocycles. The van der Waals surface area contributed by atoms with Crippen molar-refractivity contribution >= 4 is 11.0 Å². The molecule has 1 aliphatic rings. The first-order valence-electron chi connectivity index (χ1n) is 12.5. The van der Waals surface area contributed by atoms with Crippen LogP contribution >= 0.6 is 0 Å². The predicted octanol–water partition coefficient (Wildman–Crippen LogP) is 5.31. The molecule has 0 spiro atoms. The highest BCUT2D eigenvalue weighted by Crippen LogP contribution is 2.34. The Labute approximate surface area is 215 Å². The van der Waals surface area contributed by atoms with Crippen molar-refractivity contribution in [2.75, 3.05) is 33.0 Å². The summed E-state index contributed by atoms with van der Waals surface area (Å²) in [6.07, 6.45) is 3.08. The molecule has 37 heavy (non-hydrogen) atoms. The summed E-state index contributed by atoms with van der Waals surface area (Å²) in [5.74, 6) is 0.931. The largest absolute Gasteiger partial charge is 0.508 e. The minimum Gasteiger partial charge on any atom is -0.508 e. The van der Waals surface area contributed by atoms with Crippen LogP contribution in [0.15, 0.2) is 66.7 Å². The van der Waals surface area contributed by atoms with E-state index < -0.39 is 0 Å². The Morgan fingerprint density at radius 2 is 1.46 bits per heavy atom. The summed E-state index contributed by atoms with van der Waals surface area (Å²) >= 11 is 0. The molecule has 8 heteroatoms. The molecule has 3 aromatic carbocycles. The minimum atomic E-state index is -0.106. The zero-order valence-electron chi connectivity index (χ0n) is 20.5. The fraction of sp³-hybridized carbons (Fsp3) is 0.310. The second-order valence-corrected chi connectivity index (χ2v) is 8.80. The molecule has 0 bridgehead atoms. The highest BCUT2D eigenvalue weighted by Gasteiger charge is 2.15. The van der Waals surface area contributed by atoms with Gasteiger partial charge in [-0.15, -0.1) is 0 Å². The molecule has 1 fully saturated rings. The van der Waals surface area contributed by atoms with Gasteiger partial charge in [-0.25, -0.2) is 9.97 Å². The normalized spacial score (nSPS) is 15.6. The molecule has 1 saturated heterocycles. The standard InChI is InChI=1S/C29H30N2O6/c32-22-7-3-5-20(17-22)28-29(21-6-4-8-23(33)18-21)31-26-19-24(10-11-25(26)30-28)35-15-13-34-14-16-37-27-9-1-2-12-36-27/h3-8,10-11,17-19,27,32-33H,1-2,9,12-16H2. The molecule has 8 nitrogen and oxygen atoms in total. The average molecular weight is 503 g/mol. The van der Waals surface area contributed by atoms with E-state index in [4.69, 9.17) is 28.9 Å². The molecule has 5 rings (SSSR count). The van der Waals surface area contributed by atoms with Gasteiger partial charge >= 0.3 is 0 Å². The molecule has 4 aromatic rings. The van der Waals surface area contributed by atoms with Gasteiger partial charge in [0, 0.05) is 23.8 Å². The molecule has 1 unspecified atom stereocenters. The number of benzene rings is 3. The van der Waals surface area contributed by atoms with Crippen LogP contribution < -0.4 is 4.74 Å². The van der Waals surface area contributed by atoms with Crippen LogP contribution in [0.4, 0.5) is 0 Å². The third-order valence-corrected chi connectivity index (χ3v) is 6.04. The number of aromatic nitrogens is 2. The smallest absolute Gasteiger partial charge is 0.157 e. The molecule has 2 N–H and O–H groups in total. The highest BCUT2D eigenvalue weighted by molar-refractivity contribution is 5.87. The number of rotatable bonds is 10. The van der Waals surface area contributed by atoms with Gasteiger partial charge in [0.05, 0.1) is 42.2 Å². The lowest BCUT2D eigenvalue weighted by Crippen LogP contribution is -2.24. The zero-order valence-corrected chi connectivity index (χ0v) is 20.5. The molecule has 2 heterocycles. The second kappa shape index (κ2) is 12.0. The lowest BCUT2D eigenvalue weighted by Gasteiger charge is -2.22. The number of hydrogen-bond acceptors (Lipinski definition) is 8. The van der Waals surface area contributed by atoms with Gasteiger partial charge in [-0.2, -0.15) is 0 Å². The van der Waals surface area contributed by atoms with Crippen LogP contribution in [-0.2, 0) is 14.2 Å². The molecule has 1 aliphatic heterocycles. The van der Waals surface area contributed by atoms with Gasteiger partial charge in [0.1, 0.15) is 23.9 Å². The van der Waals surface area contributed by atoms with Crippen LogP contribution in [0, 0.1) is 0 Å². The Kier molecular flexibility index (Phi) is 8.10. The van der Waals surface area contributed by atoms with Gasteiger partial charge in [-0.1, -0.05) is 24.3 Å². The molecular weight excluding hydrogens is 472 g/mol. The summed E-state index contributed by atoms with van der Waals surface area (Å²) in [7, 11) is 0. The molecule has 192 valence electrons. The summed E-state index contributed by atoms with van der Waals surface area (Å²) in [6.45, 7) is 2.57. The van der Waals surface area contributed by atoms with E-state index in [2.05, 4.69) is 0 Å². The van der Waals surface area contributed by atoms with Crippen molar-refractivity contribution in [2.45, 2.75) is 25.6 Å². The van der Waals surface area contributed by atoms with Gasteiger partial charge in [-0.05, 0) is 55.7 Å². The van der Waals surface area contributed by atoms with Gasteiger partial charge in [0.2, 0.25) is 0 Å². The number of aromatic hydroxyl groups is 2. The van der Waals surface area contributed by atoms with Crippen LogP contribution in [0.2, 0.25) is 0 Å². The van der Waals surface area contributed by atoms with Crippen LogP contribution in [0.25, 0.3) is 33.5 Å². The Bertz CT molecular complexity index is 1340. The zero-order chi connectivity index (χ0) is 25.5. The predicted molar refractivity (Wildman–Crippen MR) is 140 cm³/mol. The maximum absolute atomic E-state index is 10.0. The van der Waals surface area contributed by atoms with E-state index >= 15 is 0 Å². The molecule has 1 atom stereocenters. The first kappa shape index (κ1) is 25.0. The Morgan fingerprint density at radius 3 is 2.14 bits per heavy atom. The van der Waals surface area contributed by atoms with Crippen LogP contribution in [-0.4, -0.2) is 59.5 Å². The van der Waals surface area contributed by atoms with E-state index in [1.807, 2.05) is 30.3 Å². The third-order valence-electron chi connectivity index (χ3n) is 6.04. The molecule has 0 amide bonds. The van der Waals surface area contributed by atoms with Crippen molar-refractivity contribution in [1.29, 1.82) is 0 Å². The van der Waals surface area contributed by atoms with Crippen molar-refractivity contribution in [2.24, 2.45) is 0 Å². The second-order valence-electron chi connectivity index (χ2n) is 8.80. The first-order valence-corrected chi connectivity index (χ1v) is 12.5. The summed E-state index contributed by atoms with van der Waals surface area (Å²) in [5.41, 5.74) is 3.99. The molecular formula is C29H30N2O6. The summed E-state index contributed by atoms with van der Waals surface area (Å²) in [4.78, 5) is 9.71. The lowest BCUT2D eigenvalue weighted by molar-refractivity contribution is -0.169. The number of phenolic OH excluding ortho intramolecular Hbond substituents is 2. The molecule has 1 aromatic heterocycles. The van der Waals surface area contributed by atoms with Gasteiger partial charge in [0.15, 0.2) is 6.29 Å². The summed E-state index contributed by atoms with van der Waals surface area (Å²) < 4.78 is 22.7. The SMILES string of the molecule is Oc1cccc(-c2nc3ccc(OCCOCCOC4CCCCO4)cc3nc2-c2cccc(O)c2)c1. The third kappa shape index (κ3) is 6.54. The first-order chi connectivity index (χ1) is 18.2. The maximum atomic E-state index is 10.0. The number of fused-ring (bicyclic) bond motifs is 1. The summed E-state index contributed by atoms with van der Waals surface area (Å²) in [6, 6.07) is 19.3. The fourth-order valence-corrected chi connectivity index (χ4v) is 4.23. The quantitative estimate of drug-likeness (QED) is 0.281. The van der Waals surface area contributed by atoms with Gasteiger partial charge in [0.25, 0.3) is 0 Å². The minimum absolute atomic E-state index is 0.106. The molecule has 0 aliphatic carbocycles. The van der Waals surface area contributed by atoms with E-state index in [9.17, 15) is 10.2 Å². The topological polar surface area (TPSA) is 103 Å². The van der Waals surface area contributed by atoms with E-state index in [1.165, 1.54) is 0 Å². The highest BCUT2D eigenvalue weighted by atomic mass is 16.7. The Hall–Kier alpha value is -3.72. The number of ether oxygens (including phenoxy) is 4. The van der Waals surface area contributed by atoms with Gasteiger partial charge in [-0.3, -0.25) is 0 Å². The van der Waals surface area contributed by atoms with Gasteiger partial charge < -0.3 is 29.2 Å². The van der Waals surface area contributed by atoms with E-state index in [0.29, 0.717) is 60.2 Å². The maximum Gasteiger partial charge on any atom is 0.157 e. The van der Waals surface area contributed by atoms with Crippen LogP contribution in [0.3, 0.4) is 0 Å². The van der Waals surface area contributed by atoms with E-state index in [1.54, 1.807) is 36.4 Å². The lowest BCUT2D eigenvalue weighted by atomic mass is 10.0. The van der Waals surface area contributed by atoms with Crippen molar-refractivity contribution in [3.05, 3.63) is 66.7 Å². The van der Waals surface area contributed by atoms with Crippen LogP contribution in [0.1, 0.15) is 19.3 Å². The number of nitrogens with zero attached hydrogens (tertiary/aromatic N) is 2. The van der Waals surface area contributed by atoms with Crippen molar-refractivity contribution in [3.63, 3.8) is 0 Å². The molecule has 0 radical (unpaired) electrons. The Balaban J connectivity index is 1.27. The number of phenols is 2.